The normalized spacial score (nSPS) is 11.6. The van der Waals surface area contributed by atoms with Gasteiger partial charge in [0.25, 0.3) is 0 Å². The Morgan fingerprint density at radius 2 is 2.00 bits per heavy atom. The Bertz CT molecular complexity index is 259. The van der Waals surface area contributed by atoms with Gasteiger partial charge in [-0.15, -0.1) is 11.3 Å². The van der Waals surface area contributed by atoms with E-state index < -0.39 is 0 Å². The molecule has 0 saturated heterocycles. The molecule has 0 aliphatic rings. The highest BCUT2D eigenvalue weighted by Gasteiger charge is 1.99. The molecule has 0 spiro atoms. The highest BCUT2D eigenvalue weighted by atomic mass is 32.1. The van der Waals surface area contributed by atoms with Gasteiger partial charge in [0.05, 0.1) is 0 Å². The largest absolute Gasteiger partial charge is 0.311 e. The Kier molecular flexibility index (Phi) is 6.64. The van der Waals surface area contributed by atoms with Crippen molar-refractivity contribution in [2.75, 3.05) is 47.3 Å². The molecule has 0 saturated carbocycles. The maximum Gasteiger partial charge on any atom is 0.0300 e. The predicted octanol–water partition coefficient (Wildman–Crippen LogP) is 1.33. The van der Waals surface area contributed by atoms with Crippen LogP contribution >= 0.6 is 11.3 Å². The van der Waals surface area contributed by atoms with Crippen LogP contribution in [0.4, 0.5) is 0 Å². The van der Waals surface area contributed by atoms with Gasteiger partial charge in [-0.05, 0) is 32.6 Å². The van der Waals surface area contributed by atoms with Crippen LogP contribution in [0.25, 0.3) is 0 Å². The number of thiophene rings is 1. The van der Waals surface area contributed by atoms with Gasteiger partial charge in [0.2, 0.25) is 0 Å². The van der Waals surface area contributed by atoms with Crippen molar-refractivity contribution in [3.05, 3.63) is 22.4 Å². The molecule has 0 aliphatic heterocycles. The number of hydrogen-bond donors (Lipinski definition) is 1. The minimum Gasteiger partial charge on any atom is -0.311 e. The highest BCUT2D eigenvalue weighted by Crippen LogP contribution is 2.06. The van der Waals surface area contributed by atoms with Crippen molar-refractivity contribution in [1.29, 1.82) is 0 Å². The fourth-order valence-electron chi connectivity index (χ4n) is 1.38. The number of hydrogen-bond acceptors (Lipinski definition) is 4. The van der Waals surface area contributed by atoms with Crippen LogP contribution in [0.15, 0.2) is 17.5 Å². The van der Waals surface area contributed by atoms with E-state index in [4.69, 9.17) is 0 Å². The second kappa shape index (κ2) is 7.79. The molecule has 1 rings (SSSR count). The third-order valence-corrected chi connectivity index (χ3v) is 3.35. The molecular formula is C12H23N3S. The first-order valence-electron chi connectivity index (χ1n) is 5.75. The molecule has 0 radical (unpaired) electrons. The van der Waals surface area contributed by atoms with Gasteiger partial charge >= 0.3 is 0 Å². The first-order valence-corrected chi connectivity index (χ1v) is 6.63. The smallest absolute Gasteiger partial charge is 0.0300 e. The van der Waals surface area contributed by atoms with Crippen LogP contribution in [-0.4, -0.2) is 57.1 Å². The van der Waals surface area contributed by atoms with Gasteiger partial charge in [-0.3, -0.25) is 0 Å². The summed E-state index contributed by atoms with van der Waals surface area (Å²) in [6.45, 7) is 5.43. The van der Waals surface area contributed by atoms with Gasteiger partial charge in [0.1, 0.15) is 0 Å². The molecule has 1 aromatic rings. The summed E-state index contributed by atoms with van der Waals surface area (Å²) in [5, 5.41) is 5.59. The van der Waals surface area contributed by atoms with E-state index >= 15 is 0 Å². The molecule has 1 aromatic heterocycles. The van der Waals surface area contributed by atoms with Crippen molar-refractivity contribution in [3.63, 3.8) is 0 Å². The first kappa shape index (κ1) is 13.6. The summed E-state index contributed by atoms with van der Waals surface area (Å²) in [4.78, 5) is 5.99. The van der Waals surface area contributed by atoms with Crippen LogP contribution in [-0.2, 0) is 6.54 Å². The molecule has 16 heavy (non-hydrogen) atoms. The molecule has 92 valence electrons. The van der Waals surface area contributed by atoms with Gasteiger partial charge in [-0.1, -0.05) is 6.07 Å². The number of rotatable bonds is 8. The zero-order valence-electron chi connectivity index (χ0n) is 10.6. The molecule has 0 fully saturated rings. The monoisotopic (exact) mass is 241 g/mol. The van der Waals surface area contributed by atoms with Crippen molar-refractivity contribution < 1.29 is 0 Å². The standard InChI is InChI=1S/C12H23N3S/c1-14(2)8-9-15(3)7-6-13-11-12-5-4-10-16-12/h4-5,10,13H,6-9,11H2,1-3H3. The molecule has 4 heteroatoms. The lowest BCUT2D eigenvalue weighted by atomic mass is 10.4. The fourth-order valence-corrected chi connectivity index (χ4v) is 2.05. The van der Waals surface area contributed by atoms with E-state index in [9.17, 15) is 0 Å². The van der Waals surface area contributed by atoms with Crippen molar-refractivity contribution >= 4 is 11.3 Å². The van der Waals surface area contributed by atoms with Crippen molar-refractivity contribution in [2.45, 2.75) is 6.54 Å². The summed E-state index contributed by atoms with van der Waals surface area (Å²) < 4.78 is 0. The Morgan fingerprint density at radius 3 is 2.62 bits per heavy atom. The Morgan fingerprint density at radius 1 is 1.19 bits per heavy atom. The van der Waals surface area contributed by atoms with E-state index in [2.05, 4.69) is 53.8 Å². The minimum atomic E-state index is 0.999. The minimum absolute atomic E-state index is 0.999. The maximum absolute atomic E-state index is 3.46. The van der Waals surface area contributed by atoms with E-state index in [1.807, 2.05) is 11.3 Å². The van der Waals surface area contributed by atoms with Crippen LogP contribution in [0, 0.1) is 0 Å². The summed E-state index contributed by atoms with van der Waals surface area (Å²) in [7, 11) is 6.40. The molecule has 0 aliphatic carbocycles. The SMILES string of the molecule is CN(C)CCN(C)CCNCc1cccs1. The number of nitrogens with one attached hydrogen (secondary N) is 1. The summed E-state index contributed by atoms with van der Waals surface area (Å²) in [6, 6.07) is 4.28. The quantitative estimate of drug-likeness (QED) is 0.693. The lowest BCUT2D eigenvalue weighted by Gasteiger charge is -2.19. The van der Waals surface area contributed by atoms with Crippen LogP contribution in [0.1, 0.15) is 4.88 Å². The fraction of sp³-hybridized carbons (Fsp3) is 0.667. The average molecular weight is 241 g/mol. The summed E-state index contributed by atoms with van der Waals surface area (Å²) in [6.07, 6.45) is 0. The molecular weight excluding hydrogens is 218 g/mol. The first-order chi connectivity index (χ1) is 7.68. The Labute approximate surface area is 103 Å². The van der Waals surface area contributed by atoms with Gasteiger partial charge < -0.3 is 15.1 Å². The molecule has 0 amide bonds. The van der Waals surface area contributed by atoms with Crippen LogP contribution in [0.3, 0.4) is 0 Å². The second-order valence-corrected chi connectivity index (χ2v) is 5.39. The van der Waals surface area contributed by atoms with Crippen molar-refractivity contribution in [1.82, 2.24) is 15.1 Å². The molecule has 0 bridgehead atoms. The highest BCUT2D eigenvalue weighted by molar-refractivity contribution is 7.09. The van der Waals surface area contributed by atoms with Gasteiger partial charge in [-0.25, -0.2) is 0 Å². The molecule has 0 unspecified atom stereocenters. The van der Waals surface area contributed by atoms with Crippen LogP contribution in [0.5, 0.6) is 0 Å². The van der Waals surface area contributed by atoms with Crippen LogP contribution < -0.4 is 5.32 Å². The second-order valence-electron chi connectivity index (χ2n) is 4.36. The summed E-state index contributed by atoms with van der Waals surface area (Å²) >= 11 is 1.81. The van der Waals surface area contributed by atoms with Crippen molar-refractivity contribution in [3.8, 4) is 0 Å². The summed E-state index contributed by atoms with van der Waals surface area (Å²) in [5.74, 6) is 0. The Balaban J connectivity index is 1.98. The van der Waals surface area contributed by atoms with E-state index in [1.165, 1.54) is 4.88 Å². The molecule has 0 atom stereocenters. The van der Waals surface area contributed by atoms with Crippen LogP contribution in [0.2, 0.25) is 0 Å². The zero-order valence-corrected chi connectivity index (χ0v) is 11.4. The lowest BCUT2D eigenvalue weighted by molar-refractivity contribution is 0.281. The third-order valence-electron chi connectivity index (χ3n) is 2.48. The van der Waals surface area contributed by atoms with Crippen molar-refractivity contribution in [2.24, 2.45) is 0 Å². The van der Waals surface area contributed by atoms with Gasteiger partial charge in [0, 0.05) is 37.6 Å². The lowest BCUT2D eigenvalue weighted by Crippen LogP contribution is -2.33. The predicted molar refractivity (Wildman–Crippen MR) is 72.1 cm³/mol. The average Bonchev–Trinajstić information content (AvgIpc) is 2.74. The summed E-state index contributed by atoms with van der Waals surface area (Å²) in [5.41, 5.74) is 0. The van der Waals surface area contributed by atoms with E-state index in [0.29, 0.717) is 0 Å². The number of nitrogens with zero attached hydrogens (tertiary/aromatic N) is 2. The van der Waals surface area contributed by atoms with E-state index in [1.54, 1.807) is 0 Å². The topological polar surface area (TPSA) is 18.5 Å². The van der Waals surface area contributed by atoms with E-state index in [0.717, 1.165) is 32.7 Å². The molecule has 3 nitrogen and oxygen atoms in total. The number of likely N-dealkylation sites (N-methyl/N-ethyl adjacent to an activating group) is 2. The third kappa shape index (κ3) is 6.23. The zero-order chi connectivity index (χ0) is 11.8. The molecule has 0 aromatic carbocycles. The molecule has 1 N–H and O–H groups in total. The van der Waals surface area contributed by atoms with Gasteiger partial charge in [0.15, 0.2) is 0 Å². The maximum atomic E-state index is 3.46. The Hall–Kier alpha value is -0.420. The van der Waals surface area contributed by atoms with Gasteiger partial charge in [-0.2, -0.15) is 0 Å². The van der Waals surface area contributed by atoms with E-state index in [-0.39, 0.29) is 0 Å². The molecule has 1 heterocycles.